The number of carbonyl (C=O) groups excluding carboxylic acids is 2. The minimum atomic E-state index is -0.236. The molecule has 1 aliphatic heterocycles. The van der Waals surface area contributed by atoms with Crippen LogP contribution in [-0.2, 0) is 4.79 Å². The van der Waals surface area contributed by atoms with Gasteiger partial charge in [-0.25, -0.2) is 4.98 Å². The second kappa shape index (κ2) is 10.6. The third-order valence-electron chi connectivity index (χ3n) is 4.78. The summed E-state index contributed by atoms with van der Waals surface area (Å²) in [5.74, 6) is 1.29. The molecule has 0 saturated heterocycles. The van der Waals surface area contributed by atoms with Gasteiger partial charge in [0, 0.05) is 13.1 Å². The molecule has 2 N–H and O–H groups in total. The number of rotatable bonds is 4. The number of fused-ring (bicyclic) bond motifs is 3. The van der Waals surface area contributed by atoms with Gasteiger partial charge in [0.15, 0.2) is 0 Å². The quantitative estimate of drug-likeness (QED) is 0.805. The highest BCUT2D eigenvalue weighted by atomic mass is 16.5. The van der Waals surface area contributed by atoms with Gasteiger partial charge in [-0.3, -0.25) is 9.59 Å². The molecule has 7 heteroatoms. The number of hydrogen-bond donors (Lipinski definition) is 2. The van der Waals surface area contributed by atoms with Crippen molar-refractivity contribution in [2.45, 2.75) is 33.1 Å². The maximum absolute atomic E-state index is 13.1. The summed E-state index contributed by atoms with van der Waals surface area (Å²) in [6.07, 6.45) is 2.58. The number of nitrogens with zero attached hydrogens (tertiary/aromatic N) is 2. The predicted octanol–water partition coefficient (Wildman–Crippen LogP) is 3.60. The first-order valence-electron chi connectivity index (χ1n) is 10.5. The topological polar surface area (TPSA) is 83.6 Å². The molecular formula is C23H30N4O3. The van der Waals surface area contributed by atoms with E-state index in [0.29, 0.717) is 37.1 Å². The van der Waals surface area contributed by atoms with E-state index >= 15 is 0 Å². The molecule has 0 spiro atoms. The molecule has 0 atom stereocenters. The average molecular weight is 411 g/mol. The predicted molar refractivity (Wildman–Crippen MR) is 117 cm³/mol. The first-order valence-corrected chi connectivity index (χ1v) is 10.5. The van der Waals surface area contributed by atoms with Gasteiger partial charge in [-0.2, -0.15) is 0 Å². The molecule has 2 aromatic rings. The van der Waals surface area contributed by atoms with Crippen molar-refractivity contribution in [2.75, 3.05) is 31.6 Å². The minimum absolute atomic E-state index is 0.0320. The first-order chi connectivity index (χ1) is 14.5. The highest BCUT2D eigenvalue weighted by Crippen LogP contribution is 2.27. The van der Waals surface area contributed by atoms with Crippen LogP contribution in [0.2, 0.25) is 0 Å². The molecule has 3 rings (SSSR count). The Morgan fingerprint density at radius 2 is 2.00 bits per heavy atom. The highest BCUT2D eigenvalue weighted by molar-refractivity contribution is 5.95. The maximum Gasteiger partial charge on any atom is 0.273 e. The van der Waals surface area contributed by atoms with Crippen LogP contribution in [0.4, 0.5) is 11.5 Å². The Kier molecular flexibility index (Phi) is 7.65. The minimum Gasteiger partial charge on any atom is -0.491 e. The van der Waals surface area contributed by atoms with Gasteiger partial charge >= 0.3 is 0 Å². The number of ether oxygens (including phenoxy) is 1. The first kappa shape index (κ1) is 21.6. The van der Waals surface area contributed by atoms with E-state index in [4.69, 9.17) is 4.74 Å². The standard InChI is InChI=1S/C23H30N4O3/c1-17(2)15-24-22(28)16-27-13-6-3-7-14-30-20-11-5-4-9-18(20)25-21-12-8-10-19(26-21)23(27)29/h4-5,8-12,17H,3,6-7,13-16H2,1-2H3,(H,24,28)(H,25,26). The van der Waals surface area contributed by atoms with E-state index in [2.05, 4.69) is 15.6 Å². The Balaban J connectivity index is 1.81. The van der Waals surface area contributed by atoms with E-state index in [0.717, 1.165) is 30.7 Å². The number of carbonyl (C=O) groups is 2. The van der Waals surface area contributed by atoms with E-state index in [1.54, 1.807) is 23.1 Å². The number of amides is 2. The molecule has 0 aliphatic carbocycles. The summed E-state index contributed by atoms with van der Waals surface area (Å²) in [6, 6.07) is 13.0. The summed E-state index contributed by atoms with van der Waals surface area (Å²) in [7, 11) is 0. The summed E-state index contributed by atoms with van der Waals surface area (Å²) in [4.78, 5) is 31.5. The molecule has 160 valence electrons. The molecule has 0 saturated carbocycles. The zero-order valence-corrected chi connectivity index (χ0v) is 17.7. The second-order valence-electron chi connectivity index (χ2n) is 7.86. The van der Waals surface area contributed by atoms with E-state index < -0.39 is 0 Å². The Labute approximate surface area is 177 Å². The SMILES string of the molecule is CC(C)CNC(=O)CN1CCCCCOc2ccccc2Nc2cccc(n2)C1=O. The zero-order chi connectivity index (χ0) is 21.3. The van der Waals surface area contributed by atoms with Crippen LogP contribution in [0.3, 0.4) is 0 Å². The Morgan fingerprint density at radius 1 is 1.17 bits per heavy atom. The fourth-order valence-electron chi connectivity index (χ4n) is 3.18. The zero-order valence-electron chi connectivity index (χ0n) is 17.7. The van der Waals surface area contributed by atoms with Gasteiger partial charge in [0.05, 0.1) is 18.8 Å². The van der Waals surface area contributed by atoms with Gasteiger partial charge in [0.1, 0.15) is 17.3 Å². The van der Waals surface area contributed by atoms with E-state index in [9.17, 15) is 9.59 Å². The van der Waals surface area contributed by atoms with E-state index in [1.807, 2.05) is 38.1 Å². The van der Waals surface area contributed by atoms with Crippen LogP contribution in [0.25, 0.3) is 0 Å². The van der Waals surface area contributed by atoms with E-state index in [-0.39, 0.29) is 18.4 Å². The molecule has 0 radical (unpaired) electrons. The average Bonchev–Trinajstić information content (AvgIpc) is 2.74. The fourth-order valence-corrected chi connectivity index (χ4v) is 3.18. The maximum atomic E-state index is 13.1. The molecule has 1 aliphatic rings. The van der Waals surface area contributed by atoms with Gasteiger partial charge in [0.2, 0.25) is 5.91 Å². The lowest BCUT2D eigenvalue weighted by Crippen LogP contribution is -2.42. The second-order valence-corrected chi connectivity index (χ2v) is 7.86. The number of nitrogens with one attached hydrogen (secondary N) is 2. The van der Waals surface area contributed by atoms with Crippen molar-refractivity contribution >= 4 is 23.3 Å². The molecule has 7 nitrogen and oxygen atoms in total. The number of hydrogen-bond acceptors (Lipinski definition) is 5. The molecule has 0 unspecified atom stereocenters. The fraction of sp³-hybridized carbons (Fsp3) is 0.435. The van der Waals surface area contributed by atoms with Crippen LogP contribution in [-0.4, -0.2) is 47.9 Å². The van der Waals surface area contributed by atoms with Crippen molar-refractivity contribution in [1.29, 1.82) is 0 Å². The molecule has 30 heavy (non-hydrogen) atoms. The number of aromatic nitrogens is 1. The van der Waals surface area contributed by atoms with E-state index in [1.165, 1.54) is 0 Å². The van der Waals surface area contributed by atoms with Gasteiger partial charge in [-0.15, -0.1) is 0 Å². The lowest BCUT2D eigenvalue weighted by atomic mass is 10.2. The van der Waals surface area contributed by atoms with Crippen LogP contribution >= 0.6 is 0 Å². The van der Waals surface area contributed by atoms with Crippen molar-refractivity contribution < 1.29 is 14.3 Å². The number of benzene rings is 1. The molecular weight excluding hydrogens is 380 g/mol. The molecule has 0 fully saturated rings. The summed E-state index contributed by atoms with van der Waals surface area (Å²) < 4.78 is 5.94. The summed E-state index contributed by atoms with van der Waals surface area (Å²) in [6.45, 7) is 5.80. The largest absolute Gasteiger partial charge is 0.491 e. The van der Waals surface area contributed by atoms with Gasteiger partial charge < -0.3 is 20.3 Å². The number of anilines is 2. The van der Waals surface area contributed by atoms with Gasteiger partial charge in [-0.1, -0.05) is 32.0 Å². The third kappa shape index (κ3) is 6.20. The molecule has 1 aromatic heterocycles. The number of para-hydroxylation sites is 2. The summed E-state index contributed by atoms with van der Waals surface area (Å²) in [5, 5.41) is 6.13. The lowest BCUT2D eigenvalue weighted by Gasteiger charge is -2.23. The van der Waals surface area contributed by atoms with Crippen molar-refractivity contribution in [3.8, 4) is 5.75 Å². The normalized spacial score (nSPS) is 14.9. The molecule has 2 amide bonds. The molecule has 2 heterocycles. The monoisotopic (exact) mass is 410 g/mol. The van der Waals surface area contributed by atoms with Crippen molar-refractivity contribution in [3.63, 3.8) is 0 Å². The van der Waals surface area contributed by atoms with Crippen LogP contribution in [0.15, 0.2) is 42.5 Å². The third-order valence-corrected chi connectivity index (χ3v) is 4.78. The summed E-state index contributed by atoms with van der Waals surface area (Å²) >= 11 is 0. The Hall–Kier alpha value is -3.09. The van der Waals surface area contributed by atoms with Crippen molar-refractivity contribution in [1.82, 2.24) is 15.2 Å². The van der Waals surface area contributed by atoms with Crippen LogP contribution in [0, 0.1) is 5.92 Å². The highest BCUT2D eigenvalue weighted by Gasteiger charge is 2.20. The van der Waals surface area contributed by atoms with Crippen LogP contribution in [0.5, 0.6) is 5.75 Å². The van der Waals surface area contributed by atoms with Crippen molar-refractivity contribution in [2.24, 2.45) is 5.92 Å². The molecule has 2 bridgehead atoms. The smallest absolute Gasteiger partial charge is 0.273 e. The summed E-state index contributed by atoms with van der Waals surface area (Å²) in [5.41, 5.74) is 1.11. The number of pyridine rings is 1. The van der Waals surface area contributed by atoms with Gasteiger partial charge in [0.25, 0.3) is 5.91 Å². The Morgan fingerprint density at radius 3 is 2.83 bits per heavy atom. The van der Waals surface area contributed by atoms with Gasteiger partial charge in [-0.05, 0) is 49.4 Å². The van der Waals surface area contributed by atoms with Crippen LogP contribution < -0.4 is 15.4 Å². The Bertz CT molecular complexity index is 869. The molecule has 1 aromatic carbocycles. The lowest BCUT2D eigenvalue weighted by molar-refractivity contribution is -0.122. The van der Waals surface area contributed by atoms with Crippen LogP contribution in [0.1, 0.15) is 43.6 Å². The van der Waals surface area contributed by atoms with Crippen molar-refractivity contribution in [3.05, 3.63) is 48.2 Å².